The van der Waals surface area contributed by atoms with Gasteiger partial charge in [-0.05, 0) is 48.5 Å². The lowest BCUT2D eigenvalue weighted by Gasteiger charge is -2.22. The fraction of sp³-hybridized carbons (Fsp3) is 0.913. The van der Waals surface area contributed by atoms with Crippen LogP contribution < -0.4 is 0 Å². The van der Waals surface area contributed by atoms with E-state index < -0.39 is 0 Å². The maximum Gasteiger partial charge on any atom is 0.118 e. The maximum atomic E-state index is 8.96. The fourth-order valence-electron chi connectivity index (χ4n) is 2.30. The monoisotopic (exact) mass is 450 g/mol. The van der Waals surface area contributed by atoms with Gasteiger partial charge in [0.05, 0.1) is 89.1 Å². The second-order valence-corrected chi connectivity index (χ2v) is 8.16. The molecule has 0 saturated carbocycles. The minimum Gasteiger partial charge on any atom is -0.497 e. The molecule has 31 heavy (non-hydrogen) atoms. The Morgan fingerprint density at radius 2 is 0.774 bits per heavy atom. The minimum absolute atomic E-state index is 0.00535. The van der Waals surface area contributed by atoms with E-state index in [1.165, 1.54) is 6.26 Å². The molecular weight excluding hydrogens is 404 g/mol. The molecule has 0 bridgehead atoms. The summed E-state index contributed by atoms with van der Waals surface area (Å²) in [4.78, 5) is 0. The van der Waals surface area contributed by atoms with Gasteiger partial charge in [-0.3, -0.25) is 0 Å². The molecule has 0 saturated heterocycles. The van der Waals surface area contributed by atoms with Crippen molar-refractivity contribution in [3.05, 3.63) is 12.8 Å². The smallest absolute Gasteiger partial charge is 0.118 e. The molecule has 0 aliphatic rings. The molecule has 0 amide bonds. The van der Waals surface area contributed by atoms with Gasteiger partial charge in [0.1, 0.15) is 6.10 Å². The largest absolute Gasteiger partial charge is 0.497 e. The molecule has 0 aromatic heterocycles. The predicted molar refractivity (Wildman–Crippen MR) is 120 cm³/mol. The van der Waals surface area contributed by atoms with Crippen LogP contribution in [0.3, 0.4) is 0 Å². The molecule has 0 rings (SSSR count). The first-order chi connectivity index (χ1) is 14.7. The van der Waals surface area contributed by atoms with Crippen molar-refractivity contribution in [1.82, 2.24) is 0 Å². The lowest BCUT2D eigenvalue weighted by Crippen LogP contribution is -2.30. The van der Waals surface area contributed by atoms with Crippen LogP contribution in [0.25, 0.3) is 0 Å². The van der Waals surface area contributed by atoms with Crippen molar-refractivity contribution in [3.8, 4) is 0 Å². The first kappa shape index (κ1) is 30.3. The van der Waals surface area contributed by atoms with E-state index in [0.717, 1.165) is 0 Å². The number of ether oxygens (including phenoxy) is 7. The summed E-state index contributed by atoms with van der Waals surface area (Å²) in [6, 6.07) is 0. The van der Waals surface area contributed by atoms with E-state index in [1.807, 2.05) is 48.5 Å². The van der Waals surface area contributed by atoms with E-state index >= 15 is 0 Å². The van der Waals surface area contributed by atoms with E-state index in [2.05, 4.69) is 6.58 Å². The summed E-state index contributed by atoms with van der Waals surface area (Å²) in [5, 5.41) is 8.96. The Balaban J connectivity index is 3.80. The molecule has 8 nitrogen and oxygen atoms in total. The third-order valence-corrected chi connectivity index (χ3v) is 4.28. The van der Waals surface area contributed by atoms with Crippen molar-refractivity contribution in [1.29, 1.82) is 0 Å². The van der Waals surface area contributed by atoms with Gasteiger partial charge in [-0.2, -0.15) is 0 Å². The van der Waals surface area contributed by atoms with Crippen molar-refractivity contribution < 1.29 is 38.3 Å². The highest BCUT2D eigenvalue weighted by atomic mass is 16.6. The molecule has 186 valence electrons. The number of hydrogen-bond donors (Lipinski definition) is 1. The van der Waals surface area contributed by atoms with Crippen LogP contribution in [0.5, 0.6) is 0 Å². The highest BCUT2D eigenvalue weighted by Crippen LogP contribution is 2.04. The maximum absolute atomic E-state index is 8.96. The summed E-state index contributed by atoms with van der Waals surface area (Å²) >= 11 is 0. The standard InChI is InChI=1S/C23H46O8/c1-9-25-18(3)11-27-20(5)13-29-22(7)15-31-23(8)16-30-21(6)14-28-19(4)12-26-17(2)10-24/h9,17-24H,1,10-16H2,2-8H3. The average Bonchev–Trinajstić information content (AvgIpc) is 2.75. The van der Waals surface area contributed by atoms with Gasteiger partial charge in [-0.15, -0.1) is 0 Å². The zero-order chi connectivity index (χ0) is 23.6. The summed E-state index contributed by atoms with van der Waals surface area (Å²) in [5.74, 6) is 0. The Bertz CT molecular complexity index is 422. The van der Waals surface area contributed by atoms with Crippen molar-refractivity contribution in [3.63, 3.8) is 0 Å². The van der Waals surface area contributed by atoms with Gasteiger partial charge in [-0.1, -0.05) is 6.58 Å². The van der Waals surface area contributed by atoms with Gasteiger partial charge in [0.25, 0.3) is 0 Å². The lowest BCUT2D eigenvalue weighted by atomic mass is 10.3. The summed E-state index contributed by atoms with van der Waals surface area (Å²) < 4.78 is 39.4. The first-order valence-corrected chi connectivity index (χ1v) is 11.2. The van der Waals surface area contributed by atoms with Crippen LogP contribution in [0.4, 0.5) is 0 Å². The van der Waals surface area contributed by atoms with Crippen LogP contribution >= 0.6 is 0 Å². The van der Waals surface area contributed by atoms with Crippen LogP contribution in [0.15, 0.2) is 12.8 Å². The zero-order valence-electron chi connectivity index (χ0n) is 20.6. The van der Waals surface area contributed by atoms with E-state index in [9.17, 15) is 0 Å². The predicted octanol–water partition coefficient (Wildman–Crippen LogP) is 2.96. The van der Waals surface area contributed by atoms with Crippen LogP contribution in [0.2, 0.25) is 0 Å². The zero-order valence-corrected chi connectivity index (χ0v) is 20.6. The molecule has 7 atom stereocenters. The van der Waals surface area contributed by atoms with E-state index in [0.29, 0.717) is 39.6 Å². The second-order valence-electron chi connectivity index (χ2n) is 8.16. The van der Waals surface area contributed by atoms with Gasteiger partial charge < -0.3 is 38.3 Å². The summed E-state index contributed by atoms with van der Waals surface area (Å²) in [6.45, 7) is 19.9. The van der Waals surface area contributed by atoms with Gasteiger partial charge in [0.2, 0.25) is 0 Å². The molecule has 0 heterocycles. The van der Waals surface area contributed by atoms with E-state index in [4.69, 9.17) is 38.3 Å². The van der Waals surface area contributed by atoms with Crippen LogP contribution in [-0.4, -0.2) is 94.1 Å². The third kappa shape index (κ3) is 18.5. The minimum atomic E-state index is -0.180. The van der Waals surface area contributed by atoms with Gasteiger partial charge in [-0.25, -0.2) is 0 Å². The first-order valence-electron chi connectivity index (χ1n) is 11.2. The van der Waals surface area contributed by atoms with Gasteiger partial charge in [0, 0.05) is 0 Å². The molecule has 8 heteroatoms. The highest BCUT2D eigenvalue weighted by molar-refractivity contribution is 4.60. The Hall–Kier alpha value is -0.740. The van der Waals surface area contributed by atoms with Gasteiger partial charge in [0.15, 0.2) is 0 Å². The van der Waals surface area contributed by atoms with E-state index in [1.54, 1.807) is 0 Å². The average molecular weight is 451 g/mol. The molecule has 1 N–H and O–H groups in total. The summed E-state index contributed by atoms with van der Waals surface area (Å²) in [6.07, 6.45) is 0.979. The van der Waals surface area contributed by atoms with Crippen molar-refractivity contribution in [2.75, 3.05) is 46.2 Å². The molecule has 0 aromatic rings. The Kier molecular flexibility index (Phi) is 18.3. The Labute approximate surface area is 189 Å². The molecule has 0 aromatic carbocycles. The van der Waals surface area contributed by atoms with E-state index in [-0.39, 0.29) is 49.3 Å². The number of aliphatic hydroxyl groups is 1. The molecule has 0 aliphatic heterocycles. The number of aliphatic hydroxyl groups excluding tert-OH is 1. The number of rotatable bonds is 21. The fourth-order valence-corrected chi connectivity index (χ4v) is 2.30. The molecule has 0 spiro atoms. The lowest BCUT2D eigenvalue weighted by molar-refractivity contribution is -0.105. The van der Waals surface area contributed by atoms with Crippen LogP contribution in [0, 0.1) is 0 Å². The van der Waals surface area contributed by atoms with Crippen LogP contribution in [-0.2, 0) is 33.2 Å². The van der Waals surface area contributed by atoms with Crippen molar-refractivity contribution >= 4 is 0 Å². The van der Waals surface area contributed by atoms with Crippen molar-refractivity contribution in [2.24, 2.45) is 0 Å². The highest BCUT2D eigenvalue weighted by Gasteiger charge is 2.13. The molecule has 0 fully saturated rings. The normalized spacial score (nSPS) is 18.6. The SMILES string of the molecule is C=COC(C)COC(C)COC(C)COC(C)COC(C)COC(C)COC(C)CO. The van der Waals surface area contributed by atoms with Crippen LogP contribution in [0.1, 0.15) is 48.5 Å². The summed E-state index contributed by atoms with van der Waals surface area (Å²) in [5.41, 5.74) is 0. The topological polar surface area (TPSA) is 84.8 Å². The molecule has 0 radical (unpaired) electrons. The quantitative estimate of drug-likeness (QED) is 0.267. The summed E-state index contributed by atoms with van der Waals surface area (Å²) in [7, 11) is 0. The molecular formula is C23H46O8. The third-order valence-electron chi connectivity index (χ3n) is 4.28. The number of hydrogen-bond acceptors (Lipinski definition) is 8. The second kappa shape index (κ2) is 18.8. The van der Waals surface area contributed by atoms with Gasteiger partial charge >= 0.3 is 0 Å². The molecule has 0 aliphatic carbocycles. The molecule has 7 unspecified atom stereocenters. The Morgan fingerprint density at radius 1 is 0.516 bits per heavy atom. The Morgan fingerprint density at radius 3 is 1.03 bits per heavy atom. The van der Waals surface area contributed by atoms with Crippen molar-refractivity contribution in [2.45, 2.75) is 91.2 Å².